The van der Waals surface area contributed by atoms with Crippen LogP contribution < -0.4 is 10.5 Å². The molecule has 0 saturated heterocycles. The Morgan fingerprint density at radius 3 is 2.60 bits per heavy atom. The van der Waals surface area contributed by atoms with Crippen molar-refractivity contribution in [2.45, 2.75) is 23.7 Å². The zero-order chi connectivity index (χ0) is 20.9. The quantitative estimate of drug-likeness (QED) is 0.512. The summed E-state index contributed by atoms with van der Waals surface area (Å²) in [4.78, 5) is 8.75. The van der Waals surface area contributed by atoms with Crippen LogP contribution in [0.4, 0.5) is 11.5 Å². The van der Waals surface area contributed by atoms with Crippen LogP contribution in [0.3, 0.4) is 0 Å². The summed E-state index contributed by atoms with van der Waals surface area (Å²) in [6.07, 6.45) is 5.12. The SMILES string of the molecule is Cn1nc(N)c2c(-c3ccc(NS(=O)(=O)c4cccnc4)cc3)cc(C3CC3)nc21. The number of hydrogen-bond donors (Lipinski definition) is 2. The van der Waals surface area contributed by atoms with Gasteiger partial charge in [0.2, 0.25) is 0 Å². The Morgan fingerprint density at radius 1 is 1.17 bits per heavy atom. The van der Waals surface area contributed by atoms with Crippen molar-refractivity contribution in [1.29, 1.82) is 0 Å². The summed E-state index contributed by atoms with van der Waals surface area (Å²) in [6, 6.07) is 12.4. The number of nitrogens with one attached hydrogen (secondary N) is 1. The van der Waals surface area contributed by atoms with Gasteiger partial charge in [0.05, 0.1) is 5.39 Å². The summed E-state index contributed by atoms with van der Waals surface area (Å²) < 4.78 is 29.3. The molecule has 1 aromatic carbocycles. The molecule has 1 aliphatic carbocycles. The molecule has 3 heterocycles. The van der Waals surface area contributed by atoms with Gasteiger partial charge in [-0.3, -0.25) is 9.71 Å². The van der Waals surface area contributed by atoms with E-state index in [-0.39, 0.29) is 4.90 Å². The average molecular weight is 420 g/mol. The van der Waals surface area contributed by atoms with E-state index in [9.17, 15) is 8.42 Å². The molecule has 0 bridgehead atoms. The number of nitrogens with two attached hydrogens (primary N) is 1. The van der Waals surface area contributed by atoms with Crippen molar-refractivity contribution in [3.63, 3.8) is 0 Å². The number of rotatable bonds is 5. The number of sulfonamides is 1. The first-order valence-corrected chi connectivity index (χ1v) is 11.1. The van der Waals surface area contributed by atoms with Crippen LogP contribution in [-0.4, -0.2) is 28.2 Å². The van der Waals surface area contributed by atoms with Crippen molar-refractivity contribution in [3.05, 3.63) is 60.6 Å². The molecule has 4 aromatic rings. The molecule has 0 unspecified atom stereocenters. The van der Waals surface area contributed by atoms with Gasteiger partial charge in [-0.25, -0.2) is 18.1 Å². The van der Waals surface area contributed by atoms with E-state index >= 15 is 0 Å². The number of nitrogen functional groups attached to an aromatic ring is 1. The first-order valence-electron chi connectivity index (χ1n) is 9.59. The average Bonchev–Trinajstić information content (AvgIpc) is 3.55. The molecular formula is C21H20N6O2S. The Labute approximate surface area is 173 Å². The lowest BCUT2D eigenvalue weighted by Gasteiger charge is -2.10. The third kappa shape index (κ3) is 3.26. The molecule has 1 saturated carbocycles. The molecule has 0 spiro atoms. The van der Waals surface area contributed by atoms with E-state index in [2.05, 4.69) is 20.9 Å². The van der Waals surface area contributed by atoms with Gasteiger partial charge in [0.25, 0.3) is 10.0 Å². The lowest BCUT2D eigenvalue weighted by atomic mass is 10.0. The predicted octanol–water partition coefficient (Wildman–Crippen LogP) is 3.29. The van der Waals surface area contributed by atoms with Crippen molar-refractivity contribution in [2.24, 2.45) is 7.05 Å². The molecule has 152 valence electrons. The summed E-state index contributed by atoms with van der Waals surface area (Å²) in [5.41, 5.74) is 10.3. The lowest BCUT2D eigenvalue weighted by Crippen LogP contribution is -2.12. The van der Waals surface area contributed by atoms with E-state index in [0.717, 1.165) is 40.7 Å². The van der Waals surface area contributed by atoms with E-state index in [1.165, 1.54) is 18.5 Å². The van der Waals surface area contributed by atoms with Gasteiger partial charge in [0.1, 0.15) is 4.90 Å². The number of aryl methyl sites for hydroxylation is 1. The number of anilines is 2. The fourth-order valence-corrected chi connectivity index (χ4v) is 4.57. The highest BCUT2D eigenvalue weighted by Crippen LogP contribution is 2.42. The van der Waals surface area contributed by atoms with Crippen LogP contribution in [-0.2, 0) is 17.1 Å². The number of hydrogen-bond acceptors (Lipinski definition) is 6. The van der Waals surface area contributed by atoms with E-state index in [0.29, 0.717) is 17.4 Å². The van der Waals surface area contributed by atoms with Crippen molar-refractivity contribution in [1.82, 2.24) is 19.7 Å². The third-order valence-corrected chi connectivity index (χ3v) is 6.60. The molecule has 3 aromatic heterocycles. The van der Waals surface area contributed by atoms with Crippen molar-refractivity contribution < 1.29 is 8.42 Å². The minimum absolute atomic E-state index is 0.113. The fraction of sp³-hybridized carbons (Fsp3) is 0.190. The van der Waals surface area contributed by atoms with Crippen molar-refractivity contribution >= 4 is 32.6 Å². The Hall–Kier alpha value is -3.46. The second-order valence-corrected chi connectivity index (χ2v) is 9.13. The first-order chi connectivity index (χ1) is 14.4. The van der Waals surface area contributed by atoms with Crippen molar-refractivity contribution in [2.75, 3.05) is 10.5 Å². The predicted molar refractivity (Wildman–Crippen MR) is 115 cm³/mol. The van der Waals surface area contributed by atoms with E-state index < -0.39 is 10.0 Å². The summed E-state index contributed by atoms with van der Waals surface area (Å²) >= 11 is 0. The Bertz CT molecular complexity index is 1340. The van der Waals surface area contributed by atoms with Gasteiger partial charge in [-0.05, 0) is 54.3 Å². The number of aromatic nitrogens is 4. The second-order valence-electron chi connectivity index (χ2n) is 7.45. The number of fused-ring (bicyclic) bond motifs is 1. The molecule has 3 N–H and O–H groups in total. The normalized spacial score (nSPS) is 14.2. The highest BCUT2D eigenvalue weighted by molar-refractivity contribution is 7.92. The number of pyridine rings is 2. The van der Waals surface area contributed by atoms with Crippen LogP contribution in [0.5, 0.6) is 0 Å². The van der Waals surface area contributed by atoms with Crippen LogP contribution in [0.2, 0.25) is 0 Å². The molecule has 0 atom stereocenters. The van der Waals surface area contributed by atoms with Gasteiger partial charge < -0.3 is 5.73 Å². The standard InChI is InChI=1S/C21H20N6O2S/c1-27-21-19(20(22)25-27)17(11-18(24-21)14-4-5-14)13-6-8-15(9-7-13)26-30(28,29)16-3-2-10-23-12-16/h2-3,6-12,14,26H,4-5H2,1H3,(H2,22,25). The molecule has 9 heteroatoms. The highest BCUT2D eigenvalue weighted by Gasteiger charge is 2.27. The van der Waals surface area contributed by atoms with Crippen LogP contribution >= 0.6 is 0 Å². The summed E-state index contributed by atoms with van der Waals surface area (Å²) in [7, 11) is -1.86. The second kappa shape index (κ2) is 6.81. The van der Waals surface area contributed by atoms with Crippen LogP contribution in [0.25, 0.3) is 22.2 Å². The maximum absolute atomic E-state index is 12.5. The van der Waals surface area contributed by atoms with Crippen LogP contribution in [0.15, 0.2) is 59.8 Å². The largest absolute Gasteiger partial charge is 0.382 e. The lowest BCUT2D eigenvalue weighted by molar-refractivity contribution is 0.601. The van der Waals surface area contributed by atoms with E-state index in [1.54, 1.807) is 22.9 Å². The maximum atomic E-state index is 12.5. The van der Waals surface area contributed by atoms with Gasteiger partial charge in [-0.1, -0.05) is 12.1 Å². The van der Waals surface area contributed by atoms with E-state index in [4.69, 9.17) is 10.7 Å². The van der Waals surface area contributed by atoms with E-state index in [1.807, 2.05) is 19.2 Å². The highest BCUT2D eigenvalue weighted by atomic mass is 32.2. The smallest absolute Gasteiger partial charge is 0.263 e. The first kappa shape index (κ1) is 18.6. The monoisotopic (exact) mass is 420 g/mol. The Kier molecular flexibility index (Phi) is 4.21. The van der Waals surface area contributed by atoms with Crippen molar-refractivity contribution in [3.8, 4) is 11.1 Å². The molecule has 30 heavy (non-hydrogen) atoms. The molecular weight excluding hydrogens is 400 g/mol. The van der Waals surface area contributed by atoms with Gasteiger partial charge in [-0.15, -0.1) is 0 Å². The van der Waals surface area contributed by atoms with Crippen LogP contribution in [0, 0.1) is 0 Å². The van der Waals surface area contributed by atoms with Gasteiger partial charge in [-0.2, -0.15) is 5.10 Å². The maximum Gasteiger partial charge on any atom is 0.263 e. The topological polar surface area (TPSA) is 116 Å². The van der Waals surface area contributed by atoms with Gasteiger partial charge >= 0.3 is 0 Å². The van der Waals surface area contributed by atoms with Gasteiger partial charge in [0, 0.05) is 36.7 Å². The number of benzene rings is 1. The zero-order valence-corrected chi connectivity index (χ0v) is 17.1. The number of nitrogens with zero attached hydrogens (tertiary/aromatic N) is 4. The Morgan fingerprint density at radius 2 is 1.93 bits per heavy atom. The molecule has 0 amide bonds. The Balaban J connectivity index is 1.52. The van der Waals surface area contributed by atoms with Gasteiger partial charge in [0.15, 0.2) is 11.5 Å². The summed E-state index contributed by atoms with van der Waals surface area (Å²) in [6.45, 7) is 0. The van der Waals surface area contributed by atoms with Crippen LogP contribution in [0.1, 0.15) is 24.5 Å². The molecule has 0 radical (unpaired) electrons. The molecule has 0 aliphatic heterocycles. The third-order valence-electron chi connectivity index (χ3n) is 5.23. The minimum Gasteiger partial charge on any atom is -0.382 e. The summed E-state index contributed by atoms with van der Waals surface area (Å²) in [5, 5.41) is 5.14. The summed E-state index contributed by atoms with van der Waals surface area (Å²) in [5.74, 6) is 0.911. The minimum atomic E-state index is -3.69. The zero-order valence-electron chi connectivity index (χ0n) is 16.3. The molecule has 1 aliphatic rings. The molecule has 8 nitrogen and oxygen atoms in total. The molecule has 5 rings (SSSR count). The fourth-order valence-electron chi connectivity index (χ4n) is 3.55. The molecule has 1 fully saturated rings.